The molecule has 0 amide bonds. The molecule has 0 saturated carbocycles. The lowest BCUT2D eigenvalue weighted by Gasteiger charge is -2.28. The molecule has 0 fully saturated rings. The van der Waals surface area contributed by atoms with Crippen molar-refractivity contribution < 1.29 is 37.3 Å². The number of phosphoric acid groups is 1. The normalized spacial score (nSPS) is 14.7. The topological polar surface area (TPSA) is 94.1 Å². The third kappa shape index (κ3) is 39.2. The van der Waals surface area contributed by atoms with Crippen LogP contribution < -0.4 is 4.89 Å². The van der Waals surface area contributed by atoms with E-state index in [0.717, 1.165) is 77.0 Å². The first-order chi connectivity index (χ1) is 25.1. The molecule has 0 aromatic heterocycles. The molecule has 52 heavy (non-hydrogen) atoms. The Morgan fingerprint density at radius 1 is 0.615 bits per heavy atom. The Labute approximate surface area is 319 Å². The first kappa shape index (κ1) is 49.9. The van der Waals surface area contributed by atoms with Gasteiger partial charge in [-0.15, -0.1) is 0 Å². The van der Waals surface area contributed by atoms with Crippen molar-refractivity contribution >= 4 is 13.8 Å². The molecular formula is C43H76NO7P. The minimum Gasteiger partial charge on any atom is -0.756 e. The maximum absolute atomic E-state index is 12.6. The summed E-state index contributed by atoms with van der Waals surface area (Å²) in [7, 11) is 1.31. The lowest BCUT2D eigenvalue weighted by molar-refractivity contribution is -0.870. The summed E-state index contributed by atoms with van der Waals surface area (Å²) in [5.74, 6) is -0.372. The maximum Gasteiger partial charge on any atom is 0.306 e. The molecule has 0 aromatic carbocycles. The first-order valence-electron chi connectivity index (χ1n) is 20.2. The van der Waals surface area contributed by atoms with E-state index in [1.54, 1.807) is 0 Å². The van der Waals surface area contributed by atoms with Gasteiger partial charge in [0.25, 0.3) is 7.82 Å². The van der Waals surface area contributed by atoms with Gasteiger partial charge in [-0.25, -0.2) is 0 Å². The van der Waals surface area contributed by atoms with Crippen LogP contribution in [0.4, 0.5) is 0 Å². The number of carbonyl (C=O) groups is 1. The van der Waals surface area contributed by atoms with Crippen LogP contribution in [0.2, 0.25) is 0 Å². The fourth-order valence-electron chi connectivity index (χ4n) is 4.87. The second-order valence-corrected chi connectivity index (χ2v) is 15.7. The highest BCUT2D eigenvalue weighted by molar-refractivity contribution is 7.45. The van der Waals surface area contributed by atoms with Crippen molar-refractivity contribution in [2.24, 2.45) is 0 Å². The fraction of sp³-hybridized carbons (Fsp3) is 0.698. The van der Waals surface area contributed by atoms with Crippen LogP contribution in [0.3, 0.4) is 0 Å². The minimum atomic E-state index is -4.53. The number of nitrogens with zero attached hydrogens (tertiary/aromatic N) is 1. The Kier molecular flexibility index (Phi) is 34.5. The second kappa shape index (κ2) is 35.9. The summed E-state index contributed by atoms with van der Waals surface area (Å²) in [6.45, 7) is 5.15. The zero-order valence-electron chi connectivity index (χ0n) is 33.7. The molecule has 0 aromatic rings. The smallest absolute Gasteiger partial charge is 0.306 e. The van der Waals surface area contributed by atoms with Crippen molar-refractivity contribution in [3.05, 3.63) is 72.9 Å². The molecule has 300 valence electrons. The van der Waals surface area contributed by atoms with Gasteiger partial charge < -0.3 is 27.9 Å². The highest BCUT2D eigenvalue weighted by Crippen LogP contribution is 2.38. The summed E-state index contributed by atoms with van der Waals surface area (Å²) < 4.78 is 34.4. The van der Waals surface area contributed by atoms with E-state index in [-0.39, 0.29) is 32.2 Å². The van der Waals surface area contributed by atoms with Gasteiger partial charge >= 0.3 is 5.97 Å². The van der Waals surface area contributed by atoms with Crippen molar-refractivity contribution in [2.75, 3.05) is 54.1 Å². The molecule has 0 aliphatic rings. The largest absolute Gasteiger partial charge is 0.756 e. The van der Waals surface area contributed by atoms with Crippen LogP contribution in [0.5, 0.6) is 0 Å². The number of ether oxygens (including phenoxy) is 2. The number of phosphoric ester groups is 1. The van der Waals surface area contributed by atoms with Crippen LogP contribution in [-0.4, -0.2) is 70.7 Å². The Morgan fingerprint density at radius 3 is 1.69 bits per heavy atom. The van der Waals surface area contributed by atoms with Crippen LogP contribution in [0, 0.1) is 0 Å². The molecule has 2 unspecified atom stereocenters. The van der Waals surface area contributed by atoms with E-state index < -0.39 is 13.9 Å². The van der Waals surface area contributed by atoms with E-state index in [0.29, 0.717) is 24.1 Å². The zero-order chi connectivity index (χ0) is 38.4. The molecule has 0 bridgehead atoms. The van der Waals surface area contributed by atoms with Crippen molar-refractivity contribution in [3.8, 4) is 0 Å². The van der Waals surface area contributed by atoms with Crippen LogP contribution in [0.15, 0.2) is 72.9 Å². The fourth-order valence-corrected chi connectivity index (χ4v) is 5.60. The number of rotatable bonds is 36. The predicted molar refractivity (Wildman–Crippen MR) is 217 cm³/mol. The van der Waals surface area contributed by atoms with E-state index in [1.165, 1.54) is 32.1 Å². The lowest BCUT2D eigenvalue weighted by atomic mass is 10.1. The first-order valence-corrected chi connectivity index (χ1v) is 21.6. The van der Waals surface area contributed by atoms with E-state index in [4.69, 9.17) is 18.5 Å². The van der Waals surface area contributed by atoms with Crippen LogP contribution >= 0.6 is 7.82 Å². The summed E-state index contributed by atoms with van der Waals surface area (Å²) in [5.41, 5.74) is 0. The SMILES string of the molecule is CC/C=C\C/C=C\C/C=C\C/C=C\C/C=C\CCCCCC(=O)OC(COCCCCCCCC/C=C\CCC)COP(=O)([O-])OCC[N+](C)(C)C. The molecule has 0 aliphatic carbocycles. The monoisotopic (exact) mass is 750 g/mol. The number of esters is 1. The molecule has 8 nitrogen and oxygen atoms in total. The molecule has 0 radical (unpaired) electrons. The van der Waals surface area contributed by atoms with Crippen molar-refractivity contribution in [1.82, 2.24) is 0 Å². The quantitative estimate of drug-likeness (QED) is 0.0207. The Bertz CT molecular complexity index is 1060. The number of hydrogen-bond acceptors (Lipinski definition) is 7. The number of hydrogen-bond donors (Lipinski definition) is 0. The summed E-state index contributed by atoms with van der Waals surface area (Å²) in [6.07, 6.45) is 44.8. The molecule has 0 saturated heterocycles. The Hall–Kier alpha value is -2.06. The molecule has 0 aliphatic heterocycles. The van der Waals surface area contributed by atoms with Gasteiger partial charge in [0.15, 0.2) is 0 Å². The number of likely N-dealkylation sites (N-methyl/N-ethyl adjacent to an activating group) is 1. The molecule has 2 atom stereocenters. The third-order valence-corrected chi connectivity index (χ3v) is 8.94. The predicted octanol–water partition coefficient (Wildman–Crippen LogP) is 10.9. The van der Waals surface area contributed by atoms with Gasteiger partial charge in [0.05, 0.1) is 34.4 Å². The Balaban J connectivity index is 4.36. The van der Waals surface area contributed by atoms with E-state index in [2.05, 4.69) is 86.8 Å². The number of carbonyl (C=O) groups excluding carboxylic acids is 1. The van der Waals surface area contributed by atoms with Gasteiger partial charge in [0.2, 0.25) is 0 Å². The summed E-state index contributed by atoms with van der Waals surface area (Å²) in [6, 6.07) is 0. The van der Waals surface area contributed by atoms with Gasteiger partial charge in [0, 0.05) is 13.0 Å². The maximum atomic E-state index is 12.6. The van der Waals surface area contributed by atoms with Crippen molar-refractivity contribution in [1.29, 1.82) is 0 Å². The summed E-state index contributed by atoms with van der Waals surface area (Å²) in [5, 5.41) is 0. The zero-order valence-corrected chi connectivity index (χ0v) is 34.6. The molecule has 9 heteroatoms. The second-order valence-electron chi connectivity index (χ2n) is 14.3. The van der Waals surface area contributed by atoms with E-state index in [9.17, 15) is 14.3 Å². The molecule has 0 rings (SSSR count). The Morgan fingerprint density at radius 2 is 1.12 bits per heavy atom. The van der Waals surface area contributed by atoms with Crippen molar-refractivity contribution in [2.45, 2.75) is 142 Å². The number of allylic oxidation sites excluding steroid dienone is 12. The minimum absolute atomic E-state index is 0.0143. The summed E-state index contributed by atoms with van der Waals surface area (Å²) >= 11 is 0. The van der Waals surface area contributed by atoms with E-state index in [1.807, 2.05) is 21.1 Å². The molecule has 0 heterocycles. The molecular weight excluding hydrogens is 673 g/mol. The standard InChI is InChI=1S/C43H76NO7P/c1-6-8-10-12-14-16-18-19-20-21-22-23-24-25-26-28-30-32-34-36-43(45)51-42(41-50-52(46,47)49-39-37-44(3,4)5)40-48-38-35-33-31-29-27-17-15-13-11-9-7-2/h8,10-11,13-14,16,19-20,22-23,25-26,42H,6-7,9,12,15,17-18,21,24,27-41H2,1-5H3/b10-8-,13-11-,16-14-,20-19-,23-22-,26-25-. The van der Waals surface area contributed by atoms with Gasteiger partial charge in [-0.3, -0.25) is 9.36 Å². The van der Waals surface area contributed by atoms with Gasteiger partial charge in [0.1, 0.15) is 19.3 Å². The average molecular weight is 750 g/mol. The van der Waals surface area contributed by atoms with Crippen molar-refractivity contribution in [3.63, 3.8) is 0 Å². The highest BCUT2D eigenvalue weighted by atomic mass is 31.2. The van der Waals surface area contributed by atoms with Gasteiger partial charge in [-0.05, 0) is 77.0 Å². The van der Waals surface area contributed by atoms with Gasteiger partial charge in [-0.2, -0.15) is 0 Å². The van der Waals surface area contributed by atoms with E-state index >= 15 is 0 Å². The summed E-state index contributed by atoms with van der Waals surface area (Å²) in [4.78, 5) is 25.0. The average Bonchev–Trinajstić information content (AvgIpc) is 3.09. The lowest BCUT2D eigenvalue weighted by Crippen LogP contribution is -2.37. The van der Waals surface area contributed by atoms with Crippen LogP contribution in [0.1, 0.15) is 136 Å². The molecule has 0 spiro atoms. The van der Waals surface area contributed by atoms with Crippen LogP contribution in [0.25, 0.3) is 0 Å². The number of unbranched alkanes of at least 4 members (excludes halogenated alkanes) is 10. The molecule has 0 N–H and O–H groups in total. The third-order valence-electron chi connectivity index (χ3n) is 7.97. The number of quaternary nitrogens is 1. The van der Waals surface area contributed by atoms with Crippen LogP contribution in [-0.2, 0) is 27.9 Å². The highest BCUT2D eigenvalue weighted by Gasteiger charge is 2.20. The van der Waals surface area contributed by atoms with Gasteiger partial charge in [-0.1, -0.05) is 125 Å².